The highest BCUT2D eigenvalue weighted by Gasteiger charge is 2.30. The first-order valence-corrected chi connectivity index (χ1v) is 6.50. The molecule has 0 radical (unpaired) electrons. The maximum atomic E-state index is 12.5. The van der Waals surface area contributed by atoms with Gasteiger partial charge in [-0.15, -0.1) is 0 Å². The second kappa shape index (κ2) is 5.98. The van der Waals surface area contributed by atoms with Gasteiger partial charge >= 0.3 is 6.18 Å². The largest absolute Gasteiger partial charge is 0.401 e. The van der Waals surface area contributed by atoms with Gasteiger partial charge in [-0.1, -0.05) is 0 Å². The van der Waals surface area contributed by atoms with Gasteiger partial charge < -0.3 is 5.11 Å². The summed E-state index contributed by atoms with van der Waals surface area (Å²) in [6, 6.07) is 1.87. The molecule has 21 heavy (non-hydrogen) atoms. The standard InChI is InChI=1S/C13H17F3N4O/c1-9-5-10(2)20-7-11(18-12(20)17-9)6-19(3-4-21)8-13(14,15)16/h5,7,21H,3-4,6,8H2,1-2H3. The lowest BCUT2D eigenvalue weighted by molar-refractivity contribution is -0.148. The van der Waals surface area contributed by atoms with E-state index in [1.807, 2.05) is 19.9 Å². The third-order valence-electron chi connectivity index (χ3n) is 3.02. The molecule has 5 nitrogen and oxygen atoms in total. The van der Waals surface area contributed by atoms with Crippen molar-refractivity contribution in [2.24, 2.45) is 0 Å². The first-order valence-electron chi connectivity index (χ1n) is 6.50. The van der Waals surface area contributed by atoms with Crippen LogP contribution in [0.3, 0.4) is 0 Å². The Morgan fingerprint density at radius 2 is 2.00 bits per heavy atom. The molecule has 2 rings (SSSR count). The van der Waals surface area contributed by atoms with Gasteiger partial charge in [-0.3, -0.25) is 9.30 Å². The van der Waals surface area contributed by atoms with E-state index in [0.717, 1.165) is 16.3 Å². The maximum Gasteiger partial charge on any atom is 0.401 e. The lowest BCUT2D eigenvalue weighted by Crippen LogP contribution is -2.35. The molecule has 2 aromatic rings. The van der Waals surface area contributed by atoms with Crippen LogP contribution in [0.2, 0.25) is 0 Å². The summed E-state index contributed by atoms with van der Waals surface area (Å²) in [6.45, 7) is 2.27. The minimum absolute atomic E-state index is 0.0158. The molecule has 116 valence electrons. The van der Waals surface area contributed by atoms with Crippen LogP contribution in [0.4, 0.5) is 13.2 Å². The van der Waals surface area contributed by atoms with Crippen LogP contribution < -0.4 is 0 Å². The Bertz CT molecular complexity index is 624. The summed E-state index contributed by atoms with van der Waals surface area (Å²) in [4.78, 5) is 9.61. The van der Waals surface area contributed by atoms with Crippen LogP contribution in [0.25, 0.3) is 5.78 Å². The summed E-state index contributed by atoms with van der Waals surface area (Å²) >= 11 is 0. The number of aromatic nitrogens is 3. The molecule has 0 aliphatic carbocycles. The average molecular weight is 302 g/mol. The fraction of sp³-hybridized carbons (Fsp3) is 0.538. The molecule has 0 bridgehead atoms. The summed E-state index contributed by atoms with van der Waals surface area (Å²) in [7, 11) is 0. The van der Waals surface area contributed by atoms with Crippen molar-refractivity contribution in [1.82, 2.24) is 19.3 Å². The molecular weight excluding hydrogens is 285 g/mol. The Hall–Kier alpha value is -1.67. The zero-order valence-electron chi connectivity index (χ0n) is 11.9. The van der Waals surface area contributed by atoms with E-state index >= 15 is 0 Å². The number of nitrogens with zero attached hydrogens (tertiary/aromatic N) is 4. The maximum absolute atomic E-state index is 12.5. The number of aliphatic hydroxyl groups is 1. The van der Waals surface area contributed by atoms with Crippen LogP contribution >= 0.6 is 0 Å². The van der Waals surface area contributed by atoms with Crippen LogP contribution in [0, 0.1) is 13.8 Å². The fourth-order valence-corrected chi connectivity index (χ4v) is 2.23. The Morgan fingerprint density at radius 1 is 1.29 bits per heavy atom. The quantitative estimate of drug-likeness (QED) is 0.913. The average Bonchev–Trinajstić information content (AvgIpc) is 2.69. The number of fused-ring (bicyclic) bond motifs is 1. The van der Waals surface area contributed by atoms with E-state index in [2.05, 4.69) is 9.97 Å². The molecule has 2 heterocycles. The van der Waals surface area contributed by atoms with Crippen LogP contribution in [0.1, 0.15) is 17.1 Å². The number of aliphatic hydroxyl groups excluding tert-OH is 1. The van der Waals surface area contributed by atoms with Gasteiger partial charge in [0.1, 0.15) is 0 Å². The van der Waals surface area contributed by atoms with E-state index < -0.39 is 12.7 Å². The van der Waals surface area contributed by atoms with Crippen LogP contribution in [0.15, 0.2) is 12.3 Å². The number of aryl methyl sites for hydroxylation is 2. The van der Waals surface area contributed by atoms with Crippen molar-refractivity contribution in [2.45, 2.75) is 26.6 Å². The zero-order valence-corrected chi connectivity index (χ0v) is 11.9. The van der Waals surface area contributed by atoms with E-state index in [4.69, 9.17) is 5.11 Å². The van der Waals surface area contributed by atoms with E-state index in [9.17, 15) is 13.2 Å². The summed E-state index contributed by atoms with van der Waals surface area (Å²) in [5.41, 5.74) is 2.22. The smallest absolute Gasteiger partial charge is 0.395 e. The topological polar surface area (TPSA) is 53.7 Å². The summed E-state index contributed by atoms with van der Waals surface area (Å²) < 4.78 is 39.2. The van der Waals surface area contributed by atoms with Gasteiger partial charge in [0.05, 0.1) is 18.8 Å². The summed E-state index contributed by atoms with van der Waals surface area (Å²) in [5, 5.41) is 8.88. The van der Waals surface area contributed by atoms with Gasteiger partial charge in [0.25, 0.3) is 0 Å². The summed E-state index contributed by atoms with van der Waals surface area (Å²) in [5.74, 6) is 0.471. The van der Waals surface area contributed by atoms with Crippen LogP contribution in [-0.2, 0) is 6.54 Å². The number of hydrogen-bond donors (Lipinski definition) is 1. The van der Waals surface area contributed by atoms with Gasteiger partial charge in [0.2, 0.25) is 5.78 Å². The highest BCUT2D eigenvalue weighted by atomic mass is 19.4. The molecule has 8 heteroatoms. The molecule has 0 saturated carbocycles. The first kappa shape index (κ1) is 15.7. The van der Waals surface area contributed by atoms with Crippen molar-refractivity contribution in [3.05, 3.63) is 29.3 Å². The molecule has 2 aromatic heterocycles. The number of hydrogen-bond acceptors (Lipinski definition) is 4. The predicted molar refractivity (Wildman–Crippen MR) is 70.9 cm³/mol. The van der Waals surface area contributed by atoms with Crippen molar-refractivity contribution in [2.75, 3.05) is 19.7 Å². The number of imidazole rings is 1. The fourth-order valence-electron chi connectivity index (χ4n) is 2.23. The highest BCUT2D eigenvalue weighted by Crippen LogP contribution is 2.18. The molecule has 0 saturated heterocycles. The zero-order chi connectivity index (χ0) is 15.6. The molecule has 0 aromatic carbocycles. The van der Waals surface area contributed by atoms with E-state index in [-0.39, 0.29) is 19.7 Å². The number of rotatable bonds is 5. The molecule has 0 aliphatic heterocycles. The summed E-state index contributed by atoms with van der Waals surface area (Å²) in [6.07, 6.45) is -2.63. The van der Waals surface area contributed by atoms with Crippen molar-refractivity contribution < 1.29 is 18.3 Å². The third kappa shape index (κ3) is 4.15. The Balaban J connectivity index is 2.22. The lowest BCUT2D eigenvalue weighted by Gasteiger charge is -2.21. The van der Waals surface area contributed by atoms with Crippen molar-refractivity contribution in [1.29, 1.82) is 0 Å². The Morgan fingerprint density at radius 3 is 2.62 bits per heavy atom. The monoisotopic (exact) mass is 302 g/mol. The third-order valence-corrected chi connectivity index (χ3v) is 3.02. The number of halogens is 3. The molecule has 1 N–H and O–H groups in total. The second-order valence-corrected chi connectivity index (χ2v) is 4.99. The minimum atomic E-state index is -4.31. The molecule has 0 amide bonds. The van der Waals surface area contributed by atoms with Gasteiger partial charge in [-0.05, 0) is 19.9 Å². The van der Waals surface area contributed by atoms with E-state index in [1.54, 1.807) is 10.6 Å². The van der Waals surface area contributed by atoms with Gasteiger partial charge in [0.15, 0.2) is 0 Å². The highest BCUT2D eigenvalue weighted by molar-refractivity contribution is 5.34. The second-order valence-electron chi connectivity index (χ2n) is 4.99. The van der Waals surface area contributed by atoms with Crippen LogP contribution in [0.5, 0.6) is 0 Å². The molecule has 0 spiro atoms. The van der Waals surface area contributed by atoms with Crippen LogP contribution in [-0.4, -0.2) is 50.2 Å². The van der Waals surface area contributed by atoms with Gasteiger partial charge in [0, 0.05) is 30.7 Å². The predicted octanol–water partition coefficient (Wildman–Crippen LogP) is 1.70. The molecule has 0 fully saturated rings. The molecule has 0 unspecified atom stereocenters. The normalized spacial score (nSPS) is 12.5. The van der Waals surface area contributed by atoms with Crippen molar-refractivity contribution >= 4 is 5.78 Å². The SMILES string of the molecule is Cc1cc(C)n2cc(CN(CCO)CC(F)(F)F)nc2n1. The van der Waals surface area contributed by atoms with E-state index in [0.29, 0.717) is 11.5 Å². The Labute approximate surface area is 120 Å². The van der Waals surface area contributed by atoms with Crippen molar-refractivity contribution in [3.63, 3.8) is 0 Å². The van der Waals surface area contributed by atoms with E-state index in [1.165, 1.54) is 0 Å². The lowest BCUT2D eigenvalue weighted by atomic mass is 10.3. The number of alkyl halides is 3. The van der Waals surface area contributed by atoms with Crippen molar-refractivity contribution in [3.8, 4) is 0 Å². The molecular formula is C13H17F3N4O. The van der Waals surface area contributed by atoms with Gasteiger partial charge in [-0.25, -0.2) is 9.97 Å². The minimum Gasteiger partial charge on any atom is -0.395 e. The first-order chi connectivity index (χ1) is 9.78. The molecule has 0 aliphatic rings. The van der Waals surface area contributed by atoms with Gasteiger partial charge in [-0.2, -0.15) is 13.2 Å². The Kier molecular flexibility index (Phi) is 4.48. The molecule has 0 atom stereocenters.